The monoisotopic (exact) mass is 669 g/mol. The highest BCUT2D eigenvalue weighted by Gasteiger charge is 2.50. The second-order valence-corrected chi connectivity index (χ2v) is 14.1. The van der Waals surface area contributed by atoms with Crippen LogP contribution in [0.25, 0.3) is 67.2 Å². The van der Waals surface area contributed by atoms with Gasteiger partial charge in [-0.25, -0.2) is 15.0 Å². The molecule has 1 aliphatic carbocycles. The van der Waals surface area contributed by atoms with Crippen molar-refractivity contribution in [2.24, 2.45) is 0 Å². The number of nitrogens with zero attached hydrogens (tertiary/aromatic N) is 3. The second-order valence-electron chi connectivity index (χ2n) is 13.1. The molecule has 1 aliphatic heterocycles. The van der Waals surface area contributed by atoms with Gasteiger partial charge in [-0.05, 0) is 45.5 Å². The summed E-state index contributed by atoms with van der Waals surface area (Å²) >= 11 is 1.80. The molecule has 0 saturated heterocycles. The third kappa shape index (κ3) is 4.01. The number of hydrogen-bond acceptors (Lipinski definition) is 5. The number of benzene rings is 7. The summed E-state index contributed by atoms with van der Waals surface area (Å²) in [5, 5.41) is 2.11. The van der Waals surface area contributed by atoms with Crippen LogP contribution in [0.15, 0.2) is 178 Å². The predicted molar refractivity (Wildman–Crippen MR) is 205 cm³/mol. The molecular weight excluding hydrogens is 643 g/mol. The molecule has 0 atom stereocenters. The Morgan fingerprint density at radius 1 is 0.392 bits per heavy atom. The maximum absolute atomic E-state index is 7.10. The first kappa shape index (κ1) is 28.5. The summed E-state index contributed by atoms with van der Waals surface area (Å²) in [7, 11) is 0. The number of furan rings is 1. The van der Waals surface area contributed by atoms with E-state index in [1.807, 2.05) is 60.7 Å². The van der Waals surface area contributed by atoms with Crippen LogP contribution in [0.2, 0.25) is 0 Å². The summed E-state index contributed by atoms with van der Waals surface area (Å²) in [5.74, 6) is 1.82. The van der Waals surface area contributed by atoms with Crippen molar-refractivity contribution in [2.75, 3.05) is 0 Å². The van der Waals surface area contributed by atoms with E-state index in [-0.39, 0.29) is 0 Å². The molecule has 11 rings (SSSR count). The van der Waals surface area contributed by atoms with Crippen LogP contribution in [-0.2, 0) is 5.41 Å². The van der Waals surface area contributed by atoms with Crippen molar-refractivity contribution in [3.8, 4) is 45.3 Å². The minimum absolute atomic E-state index is 0.469. The molecule has 0 amide bonds. The highest BCUT2D eigenvalue weighted by molar-refractivity contribution is 7.99. The standard InChI is InChI=1S/C46H27N3OS/c1-3-14-28(15-4-1)43-47-44(29-16-5-2-6-17-29)49-45(48-43)34-21-13-20-32-33-26-27-38-42(41(33)50-40(32)34)51-39-25-12-11-24-37(39)46(38)35-22-9-7-18-30(35)31-19-8-10-23-36(31)46/h1-27H. The van der Waals surface area contributed by atoms with Crippen LogP contribution in [0.3, 0.4) is 0 Å². The third-order valence-electron chi connectivity index (χ3n) is 10.4. The van der Waals surface area contributed by atoms with Crippen LogP contribution in [0.5, 0.6) is 0 Å². The first-order valence-electron chi connectivity index (χ1n) is 17.1. The lowest BCUT2D eigenvalue weighted by atomic mass is 9.67. The number of para-hydroxylation sites is 1. The van der Waals surface area contributed by atoms with Gasteiger partial charge in [0.05, 0.1) is 15.9 Å². The molecule has 3 heterocycles. The lowest BCUT2D eigenvalue weighted by Crippen LogP contribution is -2.31. The molecule has 0 N–H and O–H groups in total. The Bertz CT molecular complexity index is 2740. The van der Waals surface area contributed by atoms with Gasteiger partial charge in [0.2, 0.25) is 0 Å². The van der Waals surface area contributed by atoms with E-state index >= 15 is 0 Å². The molecule has 9 aromatic rings. The molecule has 51 heavy (non-hydrogen) atoms. The Morgan fingerprint density at radius 3 is 1.59 bits per heavy atom. The normalized spacial score (nSPS) is 13.6. The summed E-state index contributed by atoms with van der Waals surface area (Å²) in [6, 6.07) is 57.7. The Balaban J connectivity index is 1.19. The highest BCUT2D eigenvalue weighted by atomic mass is 32.2. The fraction of sp³-hybridized carbons (Fsp3) is 0.0217. The van der Waals surface area contributed by atoms with Crippen LogP contribution in [-0.4, -0.2) is 15.0 Å². The van der Waals surface area contributed by atoms with Gasteiger partial charge in [-0.2, -0.15) is 0 Å². The van der Waals surface area contributed by atoms with Crippen molar-refractivity contribution >= 4 is 33.7 Å². The molecule has 1 spiro atoms. The van der Waals surface area contributed by atoms with Gasteiger partial charge in [0, 0.05) is 26.8 Å². The molecule has 0 radical (unpaired) electrons. The largest absolute Gasteiger partial charge is 0.454 e. The fourth-order valence-corrected chi connectivity index (χ4v) is 9.55. The van der Waals surface area contributed by atoms with Crippen molar-refractivity contribution in [2.45, 2.75) is 15.2 Å². The second kappa shape index (κ2) is 10.8. The van der Waals surface area contributed by atoms with Crippen molar-refractivity contribution in [1.29, 1.82) is 0 Å². The van der Waals surface area contributed by atoms with E-state index in [0.717, 1.165) is 43.5 Å². The van der Waals surface area contributed by atoms with Crippen molar-refractivity contribution in [1.82, 2.24) is 15.0 Å². The van der Waals surface area contributed by atoms with Crippen molar-refractivity contribution in [3.63, 3.8) is 0 Å². The van der Waals surface area contributed by atoms with Crippen molar-refractivity contribution < 1.29 is 4.42 Å². The van der Waals surface area contributed by atoms with E-state index in [0.29, 0.717) is 17.5 Å². The Morgan fingerprint density at radius 2 is 0.922 bits per heavy atom. The van der Waals surface area contributed by atoms with Crippen LogP contribution in [0.4, 0.5) is 0 Å². The van der Waals surface area contributed by atoms with E-state index in [2.05, 4.69) is 103 Å². The van der Waals surface area contributed by atoms with Gasteiger partial charge in [0.1, 0.15) is 11.2 Å². The molecule has 0 bridgehead atoms. The molecule has 4 nitrogen and oxygen atoms in total. The molecule has 238 valence electrons. The zero-order valence-electron chi connectivity index (χ0n) is 27.2. The van der Waals surface area contributed by atoms with Crippen molar-refractivity contribution in [3.05, 3.63) is 186 Å². The first-order chi connectivity index (χ1) is 25.3. The lowest BCUT2D eigenvalue weighted by Gasteiger charge is -2.39. The minimum Gasteiger partial charge on any atom is -0.454 e. The molecule has 0 fully saturated rings. The summed E-state index contributed by atoms with van der Waals surface area (Å²) in [6.07, 6.45) is 0. The zero-order chi connectivity index (χ0) is 33.5. The topological polar surface area (TPSA) is 51.8 Å². The SMILES string of the molecule is c1ccc(-c2nc(-c3ccccc3)nc(-c3cccc4c3oc3c5c(ccc34)C3(c4ccccc4S5)c4ccccc4-c4ccccc43)n2)cc1. The zero-order valence-corrected chi connectivity index (χ0v) is 28.1. The maximum atomic E-state index is 7.10. The summed E-state index contributed by atoms with van der Waals surface area (Å²) in [6.45, 7) is 0. The number of fused-ring (bicyclic) bond motifs is 13. The van der Waals surface area contributed by atoms with E-state index in [1.54, 1.807) is 11.8 Å². The molecule has 7 aromatic carbocycles. The van der Waals surface area contributed by atoms with Gasteiger partial charge >= 0.3 is 0 Å². The summed E-state index contributed by atoms with van der Waals surface area (Å²) in [5.41, 5.74) is 11.6. The van der Waals surface area contributed by atoms with Gasteiger partial charge < -0.3 is 4.42 Å². The van der Waals surface area contributed by atoms with E-state index in [9.17, 15) is 0 Å². The molecule has 0 saturated carbocycles. The number of hydrogen-bond donors (Lipinski definition) is 0. The fourth-order valence-electron chi connectivity index (χ4n) is 8.27. The van der Waals surface area contributed by atoms with Gasteiger partial charge in [-0.3, -0.25) is 0 Å². The Kier molecular flexibility index (Phi) is 6.07. The third-order valence-corrected chi connectivity index (χ3v) is 11.6. The van der Waals surface area contributed by atoms with Crippen LogP contribution < -0.4 is 0 Å². The molecular formula is C46H27N3OS. The van der Waals surface area contributed by atoms with Crippen LogP contribution in [0.1, 0.15) is 22.3 Å². The van der Waals surface area contributed by atoms with Crippen LogP contribution in [0, 0.1) is 0 Å². The highest BCUT2D eigenvalue weighted by Crippen LogP contribution is 2.63. The average Bonchev–Trinajstić information content (AvgIpc) is 3.73. The first-order valence-corrected chi connectivity index (χ1v) is 17.9. The number of rotatable bonds is 3. The molecule has 2 aromatic heterocycles. The van der Waals surface area contributed by atoms with Gasteiger partial charge in [0.25, 0.3) is 0 Å². The van der Waals surface area contributed by atoms with Crippen LogP contribution >= 0.6 is 11.8 Å². The summed E-state index contributed by atoms with van der Waals surface area (Å²) < 4.78 is 7.10. The van der Waals surface area contributed by atoms with Gasteiger partial charge in [-0.15, -0.1) is 0 Å². The molecule has 5 heteroatoms. The van der Waals surface area contributed by atoms with E-state index < -0.39 is 5.41 Å². The van der Waals surface area contributed by atoms with E-state index in [4.69, 9.17) is 19.4 Å². The summed E-state index contributed by atoms with van der Waals surface area (Å²) in [4.78, 5) is 17.4. The predicted octanol–water partition coefficient (Wildman–Crippen LogP) is 11.6. The number of aromatic nitrogens is 3. The van der Waals surface area contributed by atoms with E-state index in [1.165, 1.54) is 38.3 Å². The Labute approximate surface area is 298 Å². The van der Waals surface area contributed by atoms with Gasteiger partial charge in [-0.1, -0.05) is 163 Å². The lowest BCUT2D eigenvalue weighted by molar-refractivity contribution is 0.649. The maximum Gasteiger partial charge on any atom is 0.167 e. The Hall–Kier alpha value is -6.30. The average molecular weight is 670 g/mol. The smallest absolute Gasteiger partial charge is 0.167 e. The quantitative estimate of drug-likeness (QED) is 0.187. The minimum atomic E-state index is -0.469. The van der Waals surface area contributed by atoms with Gasteiger partial charge in [0.15, 0.2) is 17.5 Å². The molecule has 0 unspecified atom stereocenters. The molecule has 2 aliphatic rings.